The average Bonchev–Trinajstić information content (AvgIpc) is 4.02. The number of aliphatic imine (C=N–C) groups is 1. The summed E-state index contributed by atoms with van der Waals surface area (Å²) in [5, 5.41) is 10.2. The Bertz CT molecular complexity index is 3780. The van der Waals surface area contributed by atoms with Crippen molar-refractivity contribution in [3.63, 3.8) is 0 Å². The Morgan fingerprint density at radius 3 is 2.07 bits per heavy atom. The maximum Gasteiger partial charge on any atom is 0.0950 e. The normalized spacial score (nSPS) is 16.8. The summed E-state index contributed by atoms with van der Waals surface area (Å²) in [7, 11) is 0. The first-order chi connectivity index (χ1) is 30.2. The quantitative estimate of drug-likeness (QED) is 0.170. The Morgan fingerprint density at radius 2 is 1.18 bits per heavy atom. The number of para-hydroxylation sites is 3. The molecule has 2 aliphatic carbocycles. The highest BCUT2D eigenvalue weighted by molar-refractivity contribution is 6.36. The van der Waals surface area contributed by atoms with Crippen LogP contribution in [0.5, 0.6) is 0 Å². The Hall–Kier alpha value is -7.49. The zero-order valence-electron chi connectivity index (χ0n) is 33.7. The fourth-order valence-electron chi connectivity index (χ4n) is 11.7. The number of aromatic nitrogens is 2. The van der Waals surface area contributed by atoms with Crippen molar-refractivity contribution in [2.24, 2.45) is 10.9 Å². The van der Waals surface area contributed by atoms with Gasteiger partial charge in [-0.2, -0.15) is 0 Å². The lowest BCUT2D eigenvalue weighted by Crippen LogP contribution is -2.14. The number of allylic oxidation sites excluding steroid dienone is 2. The van der Waals surface area contributed by atoms with Crippen LogP contribution in [-0.4, -0.2) is 14.8 Å². The van der Waals surface area contributed by atoms with Crippen molar-refractivity contribution in [1.29, 1.82) is 0 Å². The van der Waals surface area contributed by atoms with Gasteiger partial charge in [-0.1, -0.05) is 140 Å². The molecule has 0 saturated heterocycles. The van der Waals surface area contributed by atoms with Crippen LogP contribution < -0.4 is 0 Å². The van der Waals surface area contributed by atoms with Crippen molar-refractivity contribution in [3.05, 3.63) is 199 Å². The van der Waals surface area contributed by atoms with Crippen LogP contribution in [0.2, 0.25) is 0 Å². The van der Waals surface area contributed by atoms with E-state index in [0.29, 0.717) is 5.92 Å². The fraction of sp³-hybridized carbons (Fsp3) is 0.0862. The summed E-state index contributed by atoms with van der Waals surface area (Å²) in [6.07, 6.45) is 2.15. The number of benzene rings is 9. The van der Waals surface area contributed by atoms with Gasteiger partial charge in [0.15, 0.2) is 0 Å². The topological polar surface area (TPSA) is 22.2 Å². The van der Waals surface area contributed by atoms with E-state index in [1.54, 1.807) is 0 Å². The molecule has 1 unspecified atom stereocenters. The molecule has 1 saturated carbocycles. The van der Waals surface area contributed by atoms with Gasteiger partial charge >= 0.3 is 0 Å². The summed E-state index contributed by atoms with van der Waals surface area (Å²) >= 11 is 0. The minimum atomic E-state index is 0.251. The van der Waals surface area contributed by atoms with Crippen LogP contribution in [-0.2, 0) is 0 Å². The van der Waals surface area contributed by atoms with Crippen molar-refractivity contribution in [3.8, 4) is 27.9 Å². The van der Waals surface area contributed by atoms with E-state index >= 15 is 0 Å². The molecule has 2 aromatic heterocycles. The van der Waals surface area contributed by atoms with E-state index in [9.17, 15) is 0 Å². The van der Waals surface area contributed by atoms with Crippen molar-refractivity contribution in [2.75, 3.05) is 0 Å². The van der Waals surface area contributed by atoms with Gasteiger partial charge in [0.25, 0.3) is 0 Å². The Balaban J connectivity index is 1.16. The highest BCUT2D eigenvalue weighted by Gasteiger charge is 2.39. The molecule has 11 aromatic rings. The average molecular weight is 778 g/mol. The van der Waals surface area contributed by atoms with Gasteiger partial charge in [0.1, 0.15) is 0 Å². The summed E-state index contributed by atoms with van der Waals surface area (Å²) < 4.78 is 5.11. The third kappa shape index (κ3) is 4.50. The van der Waals surface area contributed by atoms with Crippen molar-refractivity contribution in [2.45, 2.75) is 25.7 Å². The molecule has 9 aromatic carbocycles. The molecule has 1 fully saturated rings. The summed E-state index contributed by atoms with van der Waals surface area (Å²) in [5.41, 5.74) is 18.6. The molecule has 0 amide bonds. The second kappa shape index (κ2) is 12.3. The third-order valence-corrected chi connectivity index (χ3v) is 14.3. The number of hydrogen-bond acceptors (Lipinski definition) is 1. The summed E-state index contributed by atoms with van der Waals surface area (Å²) in [4.78, 5) is 5.89. The molecular formula is C58H39N3. The van der Waals surface area contributed by atoms with Crippen LogP contribution in [0.1, 0.15) is 36.8 Å². The number of nitrogens with zero attached hydrogens (tertiary/aromatic N) is 3. The van der Waals surface area contributed by atoms with Crippen molar-refractivity contribution in [1.82, 2.24) is 9.13 Å². The molecule has 3 heteroatoms. The minimum Gasteiger partial charge on any atom is -0.309 e. The van der Waals surface area contributed by atoms with E-state index in [4.69, 9.17) is 4.99 Å². The van der Waals surface area contributed by atoms with Crippen LogP contribution in [0.15, 0.2) is 193 Å². The van der Waals surface area contributed by atoms with E-state index < -0.39 is 0 Å². The first-order valence-corrected chi connectivity index (χ1v) is 21.7. The smallest absolute Gasteiger partial charge is 0.0950 e. The first-order valence-electron chi connectivity index (χ1n) is 21.7. The molecule has 2 atom stereocenters. The van der Waals surface area contributed by atoms with Gasteiger partial charge in [-0.05, 0) is 117 Å². The van der Waals surface area contributed by atoms with Gasteiger partial charge in [0, 0.05) is 44.1 Å². The number of fused-ring (bicyclic) bond motifs is 14. The van der Waals surface area contributed by atoms with E-state index in [1.165, 1.54) is 104 Å². The molecule has 3 heterocycles. The number of hydrogen-bond donors (Lipinski definition) is 0. The Kier molecular flexibility index (Phi) is 6.72. The number of rotatable bonds is 3. The Labute approximate surface area is 353 Å². The second-order valence-electron chi connectivity index (χ2n) is 17.5. The molecule has 0 N–H and O–H groups in total. The van der Waals surface area contributed by atoms with Gasteiger partial charge in [-0.15, -0.1) is 0 Å². The van der Waals surface area contributed by atoms with Crippen molar-refractivity contribution < 1.29 is 0 Å². The van der Waals surface area contributed by atoms with E-state index in [2.05, 4.69) is 198 Å². The van der Waals surface area contributed by atoms with E-state index in [1.807, 2.05) is 0 Å². The van der Waals surface area contributed by atoms with Crippen LogP contribution >= 0.6 is 0 Å². The minimum absolute atomic E-state index is 0.251. The summed E-state index contributed by atoms with van der Waals surface area (Å²) in [6.45, 7) is 2.45. The predicted octanol–water partition coefficient (Wildman–Crippen LogP) is 15.4. The maximum absolute atomic E-state index is 5.89. The fourth-order valence-corrected chi connectivity index (χ4v) is 11.7. The largest absolute Gasteiger partial charge is 0.309 e. The lowest BCUT2D eigenvalue weighted by Gasteiger charge is -2.22. The van der Waals surface area contributed by atoms with E-state index in [-0.39, 0.29) is 5.92 Å². The van der Waals surface area contributed by atoms with Crippen LogP contribution in [0, 0.1) is 5.92 Å². The molecule has 0 spiro atoms. The monoisotopic (exact) mass is 777 g/mol. The predicted molar refractivity (Wildman–Crippen MR) is 257 cm³/mol. The third-order valence-electron chi connectivity index (χ3n) is 14.3. The van der Waals surface area contributed by atoms with Crippen molar-refractivity contribution >= 4 is 82.3 Å². The molecule has 1 aliphatic heterocycles. The van der Waals surface area contributed by atoms with Gasteiger partial charge < -0.3 is 9.13 Å². The van der Waals surface area contributed by atoms with Gasteiger partial charge in [-0.25, -0.2) is 4.99 Å². The van der Waals surface area contributed by atoms with Gasteiger partial charge in [-0.3, -0.25) is 0 Å². The zero-order chi connectivity index (χ0) is 39.9. The van der Waals surface area contributed by atoms with Crippen LogP contribution in [0.3, 0.4) is 0 Å². The lowest BCUT2D eigenvalue weighted by molar-refractivity contribution is 0.557. The summed E-state index contributed by atoms with van der Waals surface area (Å²) in [6, 6.07) is 67.9. The molecule has 0 bridgehead atoms. The standard InChI is InChI=1S/C58H39N3/c1-34-26-28-46-54(34)44-21-9-11-24-50(44)59-56(37-27-29-42-41-20-10-12-25-51(41)60(52(42)32-37)38-16-3-2-4-17-38)58(46)61-53-31-36-15-6-5-14-35(36)30-47(53)49-33-48-40-19-8-7-18-39(40)43-22-13-23-45(55(43)48)57(49)61/h2-25,27,29-34,54H,26,28H2,1H3/t34-,54?/m1/s1. The van der Waals surface area contributed by atoms with Gasteiger partial charge in [0.2, 0.25) is 0 Å². The molecule has 61 heavy (non-hydrogen) atoms. The molecule has 0 radical (unpaired) electrons. The highest BCUT2D eigenvalue weighted by atomic mass is 15.0. The first kappa shape index (κ1) is 33.4. The SMILES string of the molecule is C[C@@H]1CCC2=C(n3c4cc5ccccc5cc4c4cc5c6c(cccc6c43)-c3ccccc3-5)C(c3ccc4c5ccccc5n(-c5ccccc5)c4c3)=Nc3ccccc3C21. The second-order valence-corrected chi connectivity index (χ2v) is 17.5. The van der Waals surface area contributed by atoms with Crippen LogP contribution in [0.25, 0.3) is 98.8 Å². The molecule has 3 aliphatic rings. The van der Waals surface area contributed by atoms with Gasteiger partial charge in [0.05, 0.1) is 39.2 Å². The summed E-state index contributed by atoms with van der Waals surface area (Å²) in [5.74, 6) is 0.727. The maximum atomic E-state index is 5.89. The molecule has 3 nitrogen and oxygen atoms in total. The Morgan fingerprint density at radius 1 is 0.492 bits per heavy atom. The lowest BCUT2D eigenvalue weighted by atomic mass is 9.85. The zero-order valence-corrected chi connectivity index (χ0v) is 33.7. The molecule has 14 rings (SSSR count). The molecular weight excluding hydrogens is 739 g/mol. The van der Waals surface area contributed by atoms with E-state index in [0.717, 1.165) is 35.5 Å². The van der Waals surface area contributed by atoms with Crippen LogP contribution in [0.4, 0.5) is 5.69 Å². The molecule has 286 valence electrons. The highest BCUT2D eigenvalue weighted by Crippen LogP contribution is 2.55.